The third kappa shape index (κ3) is 6.93. The molecule has 0 rings (SSSR count). The van der Waals surface area contributed by atoms with Crippen molar-refractivity contribution in [1.29, 1.82) is 0 Å². The predicted molar refractivity (Wildman–Crippen MR) is 54.7 cm³/mol. The second-order valence-electron chi connectivity index (χ2n) is 1.94. The Morgan fingerprint density at radius 3 is 2.78 bits per heavy atom. The zero-order chi connectivity index (χ0) is 7.11. The number of thioether (sulfide) groups is 1. The summed E-state index contributed by atoms with van der Waals surface area (Å²) in [5.74, 6) is 0. The van der Waals surface area contributed by atoms with Gasteiger partial charge in [0.2, 0.25) is 0 Å². The Balaban J connectivity index is 2.88. The van der Waals surface area contributed by atoms with E-state index < -0.39 is 0 Å². The van der Waals surface area contributed by atoms with Crippen LogP contribution < -0.4 is 5.32 Å². The summed E-state index contributed by atoms with van der Waals surface area (Å²) in [6, 6.07) is 0. The normalized spacial score (nSPS) is 13.7. The summed E-state index contributed by atoms with van der Waals surface area (Å²) in [6.07, 6.45) is 2.15. The van der Waals surface area contributed by atoms with Crippen LogP contribution in [-0.2, 0) is 0 Å². The van der Waals surface area contributed by atoms with E-state index in [1.54, 1.807) is 0 Å². The first-order chi connectivity index (χ1) is 4.31. The molecule has 1 unspecified atom stereocenters. The summed E-state index contributed by atoms with van der Waals surface area (Å²) in [7, 11) is 0. The van der Waals surface area contributed by atoms with Crippen molar-refractivity contribution in [3.63, 3.8) is 0 Å². The van der Waals surface area contributed by atoms with Gasteiger partial charge in [-0.3, -0.25) is 0 Å². The lowest BCUT2D eigenvalue weighted by Gasteiger charge is -2.07. The molecule has 0 aliphatic rings. The highest BCUT2D eigenvalue weighted by Gasteiger charge is 1.95. The maximum absolute atomic E-state index is 3.36. The highest BCUT2D eigenvalue weighted by molar-refractivity contribution is 14.1. The fourth-order valence-corrected chi connectivity index (χ4v) is 1.12. The molecule has 1 N–H and O–H groups in total. The highest BCUT2D eigenvalue weighted by Crippen LogP contribution is 2.01. The smallest absolute Gasteiger partial charge is 0.0141 e. The van der Waals surface area contributed by atoms with E-state index in [4.69, 9.17) is 0 Å². The first kappa shape index (κ1) is 10.0. The van der Waals surface area contributed by atoms with Crippen LogP contribution in [0.25, 0.3) is 0 Å². The largest absolute Gasteiger partial charge is 0.315 e. The lowest BCUT2D eigenvalue weighted by molar-refractivity contribution is 0.722. The number of hydrogen-bond donors (Lipinski definition) is 1. The molecule has 0 spiro atoms. The van der Waals surface area contributed by atoms with E-state index in [1.165, 1.54) is 4.43 Å². The molecule has 0 amide bonds. The molecular formula is C6H14INS. The Morgan fingerprint density at radius 1 is 1.67 bits per heavy atom. The first-order valence-electron chi connectivity index (χ1n) is 3.10. The molecule has 0 radical (unpaired) electrons. The standard InChI is InChI=1S/C6H14INS/c1-6(9-2)5-8-4-3-7/h6,8H,3-5H2,1-2H3. The summed E-state index contributed by atoms with van der Waals surface area (Å²) in [6.45, 7) is 4.53. The molecule has 0 bridgehead atoms. The molecule has 0 fully saturated rings. The van der Waals surface area contributed by atoms with Gasteiger partial charge < -0.3 is 5.32 Å². The van der Waals surface area contributed by atoms with E-state index in [-0.39, 0.29) is 0 Å². The first-order valence-corrected chi connectivity index (χ1v) is 5.92. The summed E-state index contributed by atoms with van der Waals surface area (Å²) >= 11 is 4.29. The average molecular weight is 259 g/mol. The van der Waals surface area contributed by atoms with Crippen LogP contribution in [0.3, 0.4) is 0 Å². The molecule has 3 heteroatoms. The van der Waals surface area contributed by atoms with Gasteiger partial charge in [0.15, 0.2) is 0 Å². The molecule has 0 aliphatic heterocycles. The van der Waals surface area contributed by atoms with Crippen LogP contribution in [0.5, 0.6) is 0 Å². The van der Waals surface area contributed by atoms with Gasteiger partial charge in [0.05, 0.1) is 0 Å². The quantitative estimate of drug-likeness (QED) is 0.458. The minimum atomic E-state index is 0.757. The van der Waals surface area contributed by atoms with E-state index in [0.29, 0.717) is 0 Å². The second kappa shape index (κ2) is 7.15. The van der Waals surface area contributed by atoms with Crippen molar-refractivity contribution in [3.8, 4) is 0 Å². The van der Waals surface area contributed by atoms with E-state index in [2.05, 4.69) is 41.1 Å². The Bertz CT molecular complexity index is 61.0. The molecule has 0 aromatic carbocycles. The maximum Gasteiger partial charge on any atom is 0.0141 e. The van der Waals surface area contributed by atoms with Crippen molar-refractivity contribution in [2.75, 3.05) is 23.8 Å². The van der Waals surface area contributed by atoms with Gasteiger partial charge in [-0.15, -0.1) is 0 Å². The minimum absolute atomic E-state index is 0.757. The van der Waals surface area contributed by atoms with E-state index in [9.17, 15) is 0 Å². The van der Waals surface area contributed by atoms with Gasteiger partial charge in [-0.05, 0) is 6.26 Å². The van der Waals surface area contributed by atoms with Crippen LogP contribution in [0.2, 0.25) is 0 Å². The van der Waals surface area contributed by atoms with E-state index in [0.717, 1.165) is 18.3 Å². The van der Waals surface area contributed by atoms with Gasteiger partial charge in [0.25, 0.3) is 0 Å². The van der Waals surface area contributed by atoms with Crippen molar-refractivity contribution in [3.05, 3.63) is 0 Å². The van der Waals surface area contributed by atoms with Crippen molar-refractivity contribution in [2.45, 2.75) is 12.2 Å². The molecular weight excluding hydrogens is 245 g/mol. The van der Waals surface area contributed by atoms with E-state index in [1.807, 2.05) is 11.8 Å². The lowest BCUT2D eigenvalue weighted by atomic mass is 10.5. The van der Waals surface area contributed by atoms with Crippen molar-refractivity contribution in [2.24, 2.45) is 0 Å². The highest BCUT2D eigenvalue weighted by atomic mass is 127. The van der Waals surface area contributed by atoms with Crippen LogP contribution in [0.15, 0.2) is 0 Å². The number of nitrogens with one attached hydrogen (secondary N) is 1. The van der Waals surface area contributed by atoms with Crippen LogP contribution in [0.4, 0.5) is 0 Å². The van der Waals surface area contributed by atoms with Crippen molar-refractivity contribution < 1.29 is 0 Å². The third-order valence-electron chi connectivity index (χ3n) is 1.11. The monoisotopic (exact) mass is 259 g/mol. The number of rotatable bonds is 5. The van der Waals surface area contributed by atoms with Crippen LogP contribution in [0.1, 0.15) is 6.92 Å². The van der Waals surface area contributed by atoms with E-state index >= 15 is 0 Å². The molecule has 1 nitrogen and oxygen atoms in total. The van der Waals surface area contributed by atoms with Crippen molar-refractivity contribution >= 4 is 34.4 Å². The van der Waals surface area contributed by atoms with Crippen LogP contribution in [0, 0.1) is 0 Å². The number of halogens is 1. The second-order valence-corrected chi connectivity index (χ2v) is 4.29. The topological polar surface area (TPSA) is 12.0 Å². The zero-order valence-electron chi connectivity index (χ0n) is 5.98. The molecule has 0 saturated carbocycles. The van der Waals surface area contributed by atoms with Gasteiger partial charge in [-0.2, -0.15) is 11.8 Å². The van der Waals surface area contributed by atoms with Gasteiger partial charge in [0.1, 0.15) is 0 Å². The predicted octanol–water partition coefficient (Wildman–Crippen LogP) is 1.76. The summed E-state index contributed by atoms with van der Waals surface area (Å²) in [5, 5.41) is 4.11. The Labute approximate surface area is 75.5 Å². The maximum atomic E-state index is 3.36. The molecule has 0 aliphatic carbocycles. The van der Waals surface area contributed by atoms with Crippen LogP contribution in [-0.4, -0.2) is 29.0 Å². The van der Waals surface area contributed by atoms with Gasteiger partial charge >= 0.3 is 0 Å². The molecule has 1 atom stereocenters. The summed E-state index contributed by atoms with van der Waals surface area (Å²) < 4.78 is 1.21. The third-order valence-corrected chi connectivity index (χ3v) is 2.62. The van der Waals surface area contributed by atoms with Gasteiger partial charge in [0, 0.05) is 22.8 Å². The number of hydrogen-bond acceptors (Lipinski definition) is 2. The molecule has 9 heavy (non-hydrogen) atoms. The summed E-state index contributed by atoms with van der Waals surface area (Å²) in [5.41, 5.74) is 0. The Morgan fingerprint density at radius 2 is 2.33 bits per heavy atom. The zero-order valence-corrected chi connectivity index (χ0v) is 8.96. The molecule has 0 aromatic heterocycles. The Hall–Kier alpha value is 1.04. The number of alkyl halides is 1. The molecule has 0 aromatic rings. The average Bonchev–Trinajstić information content (AvgIpc) is 1.89. The van der Waals surface area contributed by atoms with Crippen LogP contribution >= 0.6 is 34.4 Å². The minimum Gasteiger partial charge on any atom is -0.315 e. The van der Waals surface area contributed by atoms with Crippen molar-refractivity contribution in [1.82, 2.24) is 5.32 Å². The molecule has 0 saturated heterocycles. The fraction of sp³-hybridized carbons (Fsp3) is 1.00. The fourth-order valence-electron chi connectivity index (χ4n) is 0.455. The lowest BCUT2D eigenvalue weighted by Crippen LogP contribution is -2.24. The Kier molecular flexibility index (Phi) is 7.98. The molecule has 56 valence electrons. The molecule has 0 heterocycles. The summed E-state index contributed by atoms with van der Waals surface area (Å²) in [4.78, 5) is 0. The van der Waals surface area contributed by atoms with Gasteiger partial charge in [-0.25, -0.2) is 0 Å². The van der Waals surface area contributed by atoms with Gasteiger partial charge in [-0.1, -0.05) is 29.5 Å². The SMILES string of the molecule is CSC(C)CNCCI.